The fraction of sp³-hybridized carbons (Fsp3) is 0.643. The summed E-state index contributed by atoms with van der Waals surface area (Å²) in [5.41, 5.74) is 1.10. The highest BCUT2D eigenvalue weighted by Crippen LogP contribution is 2.28. The van der Waals surface area contributed by atoms with Crippen LogP contribution in [0.5, 0.6) is 0 Å². The van der Waals surface area contributed by atoms with Gasteiger partial charge in [0.25, 0.3) is 0 Å². The van der Waals surface area contributed by atoms with Crippen molar-refractivity contribution in [2.45, 2.75) is 26.2 Å². The maximum atomic E-state index is 5.58. The molecule has 0 atom stereocenters. The summed E-state index contributed by atoms with van der Waals surface area (Å²) < 4.78 is 5.58. The number of pyridine rings is 1. The Kier molecular flexibility index (Phi) is 5.27. The van der Waals surface area contributed by atoms with Crippen LogP contribution in [0.15, 0.2) is 18.3 Å². The Morgan fingerprint density at radius 2 is 2.22 bits per heavy atom. The maximum absolute atomic E-state index is 5.58. The molecule has 100 valence electrons. The minimum Gasteiger partial charge on any atom is -0.383 e. The van der Waals surface area contributed by atoms with Gasteiger partial charge in [-0.1, -0.05) is 6.92 Å². The average Bonchev–Trinajstić information content (AvgIpc) is 3.20. The van der Waals surface area contributed by atoms with Crippen molar-refractivity contribution in [1.82, 2.24) is 4.98 Å². The number of nitrogens with zero attached hydrogens (tertiary/aromatic N) is 1. The summed E-state index contributed by atoms with van der Waals surface area (Å²) in [5, 5.41) is 6.63. The van der Waals surface area contributed by atoms with Crippen molar-refractivity contribution in [2.75, 3.05) is 36.9 Å². The summed E-state index contributed by atoms with van der Waals surface area (Å²) in [7, 11) is 0. The van der Waals surface area contributed by atoms with Crippen LogP contribution >= 0.6 is 0 Å². The smallest absolute Gasteiger partial charge is 0.127 e. The number of aromatic nitrogens is 1. The van der Waals surface area contributed by atoms with E-state index in [1.54, 1.807) is 0 Å². The molecule has 1 aliphatic rings. The second kappa shape index (κ2) is 7.21. The van der Waals surface area contributed by atoms with Gasteiger partial charge in [-0.05, 0) is 31.2 Å². The third kappa shape index (κ3) is 4.92. The van der Waals surface area contributed by atoms with E-state index in [-0.39, 0.29) is 0 Å². The van der Waals surface area contributed by atoms with Crippen molar-refractivity contribution in [2.24, 2.45) is 5.92 Å². The zero-order valence-corrected chi connectivity index (χ0v) is 11.1. The van der Waals surface area contributed by atoms with E-state index >= 15 is 0 Å². The minimum absolute atomic E-state index is 0.774. The predicted molar refractivity (Wildman–Crippen MR) is 75.1 cm³/mol. The molecule has 1 aliphatic carbocycles. The lowest BCUT2D eigenvalue weighted by molar-refractivity contribution is 0.134. The zero-order valence-electron chi connectivity index (χ0n) is 11.1. The van der Waals surface area contributed by atoms with Gasteiger partial charge in [0, 0.05) is 37.6 Å². The Balaban J connectivity index is 1.64. The molecule has 2 N–H and O–H groups in total. The van der Waals surface area contributed by atoms with Gasteiger partial charge in [-0.15, -0.1) is 0 Å². The quantitative estimate of drug-likeness (QED) is 0.661. The molecule has 0 aromatic carbocycles. The van der Waals surface area contributed by atoms with E-state index in [0.717, 1.165) is 50.1 Å². The SMILES string of the molecule is CCCNc1cc(NCCOCC2CC2)ccn1. The summed E-state index contributed by atoms with van der Waals surface area (Å²) in [5.74, 6) is 1.77. The number of hydrogen-bond acceptors (Lipinski definition) is 4. The van der Waals surface area contributed by atoms with Gasteiger partial charge >= 0.3 is 0 Å². The number of anilines is 2. The van der Waals surface area contributed by atoms with Gasteiger partial charge in [0.2, 0.25) is 0 Å². The molecule has 4 nitrogen and oxygen atoms in total. The van der Waals surface area contributed by atoms with Crippen LogP contribution < -0.4 is 10.6 Å². The van der Waals surface area contributed by atoms with Crippen LogP contribution in [-0.2, 0) is 4.74 Å². The Hall–Kier alpha value is -1.29. The highest BCUT2D eigenvalue weighted by Gasteiger charge is 2.20. The zero-order chi connectivity index (χ0) is 12.6. The van der Waals surface area contributed by atoms with E-state index in [0.29, 0.717) is 0 Å². The molecule has 0 amide bonds. The van der Waals surface area contributed by atoms with Gasteiger partial charge in [-0.25, -0.2) is 4.98 Å². The van der Waals surface area contributed by atoms with Gasteiger partial charge in [-0.2, -0.15) is 0 Å². The molecule has 1 heterocycles. The van der Waals surface area contributed by atoms with E-state index in [2.05, 4.69) is 22.5 Å². The fourth-order valence-electron chi connectivity index (χ4n) is 1.69. The molecule has 0 saturated heterocycles. The molecular weight excluding hydrogens is 226 g/mol. The normalized spacial score (nSPS) is 14.5. The minimum atomic E-state index is 0.774. The molecule has 0 spiro atoms. The molecule has 1 fully saturated rings. The highest BCUT2D eigenvalue weighted by atomic mass is 16.5. The summed E-state index contributed by atoms with van der Waals surface area (Å²) in [4.78, 5) is 4.27. The topological polar surface area (TPSA) is 46.2 Å². The van der Waals surface area contributed by atoms with Crippen molar-refractivity contribution in [3.8, 4) is 0 Å². The van der Waals surface area contributed by atoms with Gasteiger partial charge in [0.05, 0.1) is 6.61 Å². The lowest BCUT2D eigenvalue weighted by atomic mass is 10.3. The molecule has 4 heteroatoms. The Morgan fingerprint density at radius 1 is 1.33 bits per heavy atom. The largest absolute Gasteiger partial charge is 0.383 e. The fourth-order valence-corrected chi connectivity index (χ4v) is 1.69. The third-order valence-electron chi connectivity index (χ3n) is 2.94. The number of nitrogens with one attached hydrogen (secondary N) is 2. The molecule has 1 aromatic rings. The monoisotopic (exact) mass is 249 g/mol. The van der Waals surface area contributed by atoms with Gasteiger partial charge in [0.1, 0.15) is 5.82 Å². The molecule has 2 rings (SSSR count). The van der Waals surface area contributed by atoms with Crippen molar-refractivity contribution < 1.29 is 4.74 Å². The lowest BCUT2D eigenvalue weighted by Gasteiger charge is -2.09. The Morgan fingerprint density at radius 3 is 3.00 bits per heavy atom. The first-order chi connectivity index (χ1) is 8.88. The van der Waals surface area contributed by atoms with E-state index in [4.69, 9.17) is 4.74 Å². The summed E-state index contributed by atoms with van der Waals surface area (Å²) in [6.07, 6.45) is 5.63. The molecule has 0 radical (unpaired) electrons. The van der Waals surface area contributed by atoms with Gasteiger partial charge in [-0.3, -0.25) is 0 Å². The molecule has 18 heavy (non-hydrogen) atoms. The van der Waals surface area contributed by atoms with E-state index in [1.807, 2.05) is 18.3 Å². The average molecular weight is 249 g/mol. The molecule has 0 aliphatic heterocycles. The van der Waals surface area contributed by atoms with E-state index < -0.39 is 0 Å². The standard InChI is InChI=1S/C14H23N3O/c1-2-6-16-14-10-13(5-7-17-14)15-8-9-18-11-12-3-4-12/h5,7,10,12H,2-4,6,8-9,11H2,1H3,(H2,15,16,17). The first kappa shape index (κ1) is 13.1. The van der Waals surface area contributed by atoms with E-state index in [9.17, 15) is 0 Å². The van der Waals surface area contributed by atoms with Crippen LogP contribution in [0.3, 0.4) is 0 Å². The van der Waals surface area contributed by atoms with Gasteiger partial charge in [0.15, 0.2) is 0 Å². The maximum Gasteiger partial charge on any atom is 0.127 e. The first-order valence-corrected chi connectivity index (χ1v) is 6.90. The second-order valence-corrected chi connectivity index (χ2v) is 4.80. The molecule has 0 unspecified atom stereocenters. The van der Waals surface area contributed by atoms with Crippen LogP contribution in [-0.4, -0.2) is 31.3 Å². The van der Waals surface area contributed by atoms with Crippen LogP contribution in [0.25, 0.3) is 0 Å². The number of rotatable bonds is 9. The van der Waals surface area contributed by atoms with Crippen molar-refractivity contribution >= 4 is 11.5 Å². The number of hydrogen-bond donors (Lipinski definition) is 2. The van der Waals surface area contributed by atoms with Crippen LogP contribution in [0.2, 0.25) is 0 Å². The van der Waals surface area contributed by atoms with E-state index in [1.165, 1.54) is 12.8 Å². The predicted octanol–water partition coefficient (Wildman–Crippen LogP) is 2.74. The number of ether oxygens (including phenoxy) is 1. The van der Waals surface area contributed by atoms with Crippen LogP contribution in [0.4, 0.5) is 11.5 Å². The first-order valence-electron chi connectivity index (χ1n) is 6.90. The summed E-state index contributed by atoms with van der Waals surface area (Å²) in [6, 6.07) is 4.02. The molecular formula is C14H23N3O. The molecule has 1 saturated carbocycles. The van der Waals surface area contributed by atoms with Gasteiger partial charge < -0.3 is 15.4 Å². The lowest BCUT2D eigenvalue weighted by Crippen LogP contribution is -2.11. The van der Waals surface area contributed by atoms with Crippen molar-refractivity contribution in [3.05, 3.63) is 18.3 Å². The summed E-state index contributed by atoms with van der Waals surface area (Å²) >= 11 is 0. The van der Waals surface area contributed by atoms with Crippen molar-refractivity contribution in [3.63, 3.8) is 0 Å². The molecule has 1 aromatic heterocycles. The highest BCUT2D eigenvalue weighted by molar-refractivity contribution is 5.51. The molecule has 0 bridgehead atoms. The van der Waals surface area contributed by atoms with Crippen LogP contribution in [0.1, 0.15) is 26.2 Å². The van der Waals surface area contributed by atoms with Crippen LogP contribution in [0, 0.1) is 5.92 Å². The Labute approximate surface area is 109 Å². The second-order valence-electron chi connectivity index (χ2n) is 4.80. The Bertz CT molecular complexity index is 353. The van der Waals surface area contributed by atoms with Crippen molar-refractivity contribution in [1.29, 1.82) is 0 Å². The summed E-state index contributed by atoms with van der Waals surface area (Å²) in [6.45, 7) is 5.66. The third-order valence-corrected chi connectivity index (χ3v) is 2.94.